The summed E-state index contributed by atoms with van der Waals surface area (Å²) in [4.78, 5) is 21.5. The molecule has 0 aliphatic rings. The summed E-state index contributed by atoms with van der Waals surface area (Å²) in [7, 11) is 0. The molecule has 7 nitrogen and oxygen atoms in total. The summed E-state index contributed by atoms with van der Waals surface area (Å²) >= 11 is 0. The number of nitro benzene ring substituents is 1. The third-order valence-corrected chi connectivity index (χ3v) is 2.11. The topological polar surface area (TPSA) is 102 Å². The molecule has 2 N–H and O–H groups in total. The molecule has 0 unspecified atom stereocenters. The number of hydrogen-bond acceptors (Lipinski definition) is 5. The fourth-order valence-electron chi connectivity index (χ4n) is 1.26. The number of amides is 1. The summed E-state index contributed by atoms with van der Waals surface area (Å²) in [6.07, 6.45) is -1.24. The van der Waals surface area contributed by atoms with Crippen LogP contribution in [0.25, 0.3) is 0 Å². The summed E-state index contributed by atoms with van der Waals surface area (Å²) in [5, 5.41) is 22.2. The van der Waals surface area contributed by atoms with E-state index in [4.69, 9.17) is 9.84 Å². The molecule has 0 radical (unpaired) electrons. The number of rotatable bonds is 5. The SMILES string of the molecule is CCOc1ccc(NC(=O)[C@@H](C)O)c([N+](=O)[O-])c1. The first-order chi connectivity index (χ1) is 8.45. The zero-order valence-corrected chi connectivity index (χ0v) is 10.0. The first-order valence-corrected chi connectivity index (χ1v) is 5.36. The molecule has 7 heteroatoms. The fraction of sp³-hybridized carbons (Fsp3) is 0.364. The van der Waals surface area contributed by atoms with E-state index >= 15 is 0 Å². The van der Waals surface area contributed by atoms with Gasteiger partial charge in [-0.05, 0) is 26.0 Å². The lowest BCUT2D eigenvalue weighted by Gasteiger charge is -2.09. The second-order valence-corrected chi connectivity index (χ2v) is 3.53. The summed E-state index contributed by atoms with van der Waals surface area (Å²) in [6, 6.07) is 4.10. The predicted molar refractivity (Wildman–Crippen MR) is 64.6 cm³/mol. The monoisotopic (exact) mass is 254 g/mol. The van der Waals surface area contributed by atoms with Crippen molar-refractivity contribution in [1.82, 2.24) is 0 Å². The van der Waals surface area contributed by atoms with Crippen molar-refractivity contribution in [2.75, 3.05) is 11.9 Å². The van der Waals surface area contributed by atoms with Crippen molar-refractivity contribution < 1.29 is 19.6 Å². The third kappa shape index (κ3) is 3.42. The van der Waals surface area contributed by atoms with E-state index < -0.39 is 16.9 Å². The van der Waals surface area contributed by atoms with E-state index in [2.05, 4.69) is 5.32 Å². The lowest BCUT2D eigenvalue weighted by Crippen LogP contribution is -2.24. The Hall–Kier alpha value is -2.15. The van der Waals surface area contributed by atoms with Gasteiger partial charge in [-0.25, -0.2) is 0 Å². The van der Waals surface area contributed by atoms with Gasteiger partial charge in [0.1, 0.15) is 17.5 Å². The van der Waals surface area contributed by atoms with E-state index in [0.29, 0.717) is 12.4 Å². The molecule has 1 aromatic carbocycles. The molecule has 98 valence electrons. The van der Waals surface area contributed by atoms with Gasteiger partial charge in [0, 0.05) is 0 Å². The lowest BCUT2D eigenvalue weighted by molar-refractivity contribution is -0.384. The molecule has 1 aromatic rings. The number of nitrogens with one attached hydrogen (secondary N) is 1. The molecule has 0 fully saturated rings. The summed E-state index contributed by atoms with van der Waals surface area (Å²) in [5.41, 5.74) is -0.260. The maximum absolute atomic E-state index is 11.3. The second-order valence-electron chi connectivity index (χ2n) is 3.53. The van der Waals surface area contributed by atoms with Crippen LogP contribution < -0.4 is 10.1 Å². The molecule has 0 aromatic heterocycles. The predicted octanol–water partition coefficient (Wildman–Crippen LogP) is 1.31. The lowest BCUT2D eigenvalue weighted by atomic mass is 10.2. The Morgan fingerprint density at radius 3 is 2.78 bits per heavy atom. The molecule has 1 amide bonds. The minimum atomic E-state index is -1.24. The average Bonchev–Trinajstić information content (AvgIpc) is 2.30. The van der Waals surface area contributed by atoms with Crippen molar-refractivity contribution in [2.45, 2.75) is 20.0 Å². The quantitative estimate of drug-likeness (QED) is 0.609. The highest BCUT2D eigenvalue weighted by Crippen LogP contribution is 2.29. The highest BCUT2D eigenvalue weighted by atomic mass is 16.6. The molecule has 1 rings (SSSR count). The number of ether oxygens (including phenoxy) is 1. The Morgan fingerprint density at radius 1 is 1.61 bits per heavy atom. The van der Waals surface area contributed by atoms with E-state index in [-0.39, 0.29) is 11.4 Å². The maximum Gasteiger partial charge on any atom is 0.296 e. The smallest absolute Gasteiger partial charge is 0.296 e. The molecule has 0 bridgehead atoms. The van der Waals surface area contributed by atoms with Gasteiger partial charge in [0.15, 0.2) is 0 Å². The minimum Gasteiger partial charge on any atom is -0.494 e. The number of aliphatic hydroxyl groups is 1. The van der Waals surface area contributed by atoms with E-state index in [0.717, 1.165) is 0 Å². The molecule has 1 atom stereocenters. The van der Waals surface area contributed by atoms with Gasteiger partial charge < -0.3 is 15.2 Å². The Labute approximate surface area is 104 Å². The molecule has 0 heterocycles. The van der Waals surface area contributed by atoms with Gasteiger partial charge in [0.2, 0.25) is 0 Å². The second kappa shape index (κ2) is 5.97. The number of nitro groups is 1. The van der Waals surface area contributed by atoms with E-state index in [1.807, 2.05) is 0 Å². The van der Waals surface area contributed by atoms with Crippen LogP contribution >= 0.6 is 0 Å². The Morgan fingerprint density at radius 2 is 2.28 bits per heavy atom. The summed E-state index contributed by atoms with van der Waals surface area (Å²) in [5.74, 6) is -0.360. The standard InChI is InChI=1S/C11H14N2O5/c1-3-18-8-4-5-9(10(6-8)13(16)17)12-11(15)7(2)14/h4-7,14H,3H2,1-2H3,(H,12,15)/t7-/m1/s1. The van der Waals surface area contributed by atoms with Gasteiger partial charge in [-0.1, -0.05) is 0 Å². The number of carbonyl (C=O) groups excluding carboxylic acids is 1. The number of hydrogen-bond donors (Lipinski definition) is 2. The zero-order valence-electron chi connectivity index (χ0n) is 10.0. The largest absolute Gasteiger partial charge is 0.494 e. The highest BCUT2D eigenvalue weighted by molar-refractivity contribution is 5.95. The molecular formula is C11H14N2O5. The van der Waals surface area contributed by atoms with Crippen LogP contribution in [0.4, 0.5) is 11.4 Å². The van der Waals surface area contributed by atoms with Crippen LogP contribution in [0.5, 0.6) is 5.75 Å². The van der Waals surface area contributed by atoms with Gasteiger partial charge in [0.05, 0.1) is 17.6 Å². The van der Waals surface area contributed by atoms with E-state index in [1.165, 1.54) is 25.1 Å². The Balaban J connectivity index is 3.04. The first kappa shape index (κ1) is 13.9. The maximum atomic E-state index is 11.3. The van der Waals surface area contributed by atoms with Crippen molar-refractivity contribution in [2.24, 2.45) is 0 Å². The van der Waals surface area contributed by atoms with Crippen LogP contribution in [0.3, 0.4) is 0 Å². The molecule has 0 spiro atoms. The Kier molecular flexibility index (Phi) is 4.61. The van der Waals surface area contributed by atoms with Gasteiger partial charge in [-0.2, -0.15) is 0 Å². The fourth-order valence-corrected chi connectivity index (χ4v) is 1.26. The average molecular weight is 254 g/mol. The third-order valence-electron chi connectivity index (χ3n) is 2.11. The summed E-state index contributed by atoms with van der Waals surface area (Å²) < 4.78 is 5.14. The van der Waals surface area contributed by atoms with Gasteiger partial charge in [-0.15, -0.1) is 0 Å². The number of nitrogens with zero attached hydrogens (tertiary/aromatic N) is 1. The van der Waals surface area contributed by atoms with Crippen molar-refractivity contribution in [3.63, 3.8) is 0 Å². The number of anilines is 1. The molecule has 0 aliphatic carbocycles. The van der Waals surface area contributed by atoms with E-state index in [9.17, 15) is 14.9 Å². The first-order valence-electron chi connectivity index (χ1n) is 5.36. The van der Waals surface area contributed by atoms with Crippen LogP contribution in [0.15, 0.2) is 18.2 Å². The molecule has 0 saturated carbocycles. The van der Waals surface area contributed by atoms with Gasteiger partial charge in [0.25, 0.3) is 11.6 Å². The molecule has 0 aliphatic heterocycles. The molecule has 18 heavy (non-hydrogen) atoms. The van der Waals surface area contributed by atoms with Crippen molar-refractivity contribution in [1.29, 1.82) is 0 Å². The van der Waals surface area contributed by atoms with E-state index in [1.54, 1.807) is 6.92 Å². The minimum absolute atomic E-state index is 0.0225. The number of carbonyl (C=O) groups is 1. The number of benzene rings is 1. The van der Waals surface area contributed by atoms with Crippen LogP contribution in [-0.4, -0.2) is 28.6 Å². The normalized spacial score (nSPS) is 11.7. The van der Waals surface area contributed by atoms with Crippen LogP contribution in [0.1, 0.15) is 13.8 Å². The molecular weight excluding hydrogens is 240 g/mol. The highest BCUT2D eigenvalue weighted by Gasteiger charge is 2.18. The summed E-state index contributed by atoms with van der Waals surface area (Å²) in [6.45, 7) is 3.42. The van der Waals surface area contributed by atoms with Crippen molar-refractivity contribution in [3.05, 3.63) is 28.3 Å². The van der Waals surface area contributed by atoms with Crippen LogP contribution in [0.2, 0.25) is 0 Å². The Bertz CT molecular complexity index is 459. The van der Waals surface area contributed by atoms with Gasteiger partial charge in [-0.3, -0.25) is 14.9 Å². The van der Waals surface area contributed by atoms with Crippen LogP contribution in [0, 0.1) is 10.1 Å². The van der Waals surface area contributed by atoms with Gasteiger partial charge >= 0.3 is 0 Å². The zero-order chi connectivity index (χ0) is 13.7. The number of aliphatic hydroxyl groups excluding tert-OH is 1. The van der Waals surface area contributed by atoms with Crippen molar-refractivity contribution in [3.8, 4) is 5.75 Å². The van der Waals surface area contributed by atoms with Crippen LogP contribution in [-0.2, 0) is 4.79 Å². The molecule has 0 saturated heterocycles. The van der Waals surface area contributed by atoms with Crippen molar-refractivity contribution >= 4 is 17.3 Å².